The summed E-state index contributed by atoms with van der Waals surface area (Å²) < 4.78 is 3.75. The fraction of sp³-hybridized carbons (Fsp3) is 0.250. The van der Waals surface area contributed by atoms with Crippen molar-refractivity contribution in [2.45, 2.75) is 6.92 Å². The van der Waals surface area contributed by atoms with Gasteiger partial charge >= 0.3 is 6.16 Å². The first-order valence-corrected chi connectivity index (χ1v) is 1.59. The Kier molecular flexibility index (Phi) is 2.53. The molecule has 0 heterocycles. The average molecular weight is 100 g/mol. The number of rotatable bonds is 0. The van der Waals surface area contributed by atoms with Gasteiger partial charge in [0.15, 0.2) is 0 Å². The number of hydrogen-bond donors (Lipinski definition) is 1. The molecular weight excluding hydrogens is 96.0 g/mol. The van der Waals surface area contributed by atoms with Crippen LogP contribution in [0, 0.1) is 12.0 Å². The van der Waals surface area contributed by atoms with Crippen LogP contribution >= 0.6 is 0 Å². The third-order valence-corrected chi connectivity index (χ3v) is 0.240. The van der Waals surface area contributed by atoms with Gasteiger partial charge in [-0.1, -0.05) is 5.92 Å². The quantitative estimate of drug-likeness (QED) is 0.359. The predicted molar refractivity (Wildman–Crippen MR) is 22.6 cm³/mol. The number of carbonyl (C=O) groups is 1. The Bertz CT molecular complexity index is 117. The topological polar surface area (TPSA) is 46.5 Å². The summed E-state index contributed by atoms with van der Waals surface area (Å²) in [4.78, 5) is 9.43. The summed E-state index contributed by atoms with van der Waals surface area (Å²) in [6, 6.07) is 0. The number of carboxylic acid groups (broad SMARTS) is 1. The summed E-state index contributed by atoms with van der Waals surface area (Å²) in [5, 5.41) is 7.72. The molecule has 0 unspecified atom stereocenters. The van der Waals surface area contributed by atoms with Gasteiger partial charge in [0.1, 0.15) is 6.11 Å². The molecule has 0 bridgehead atoms. The van der Waals surface area contributed by atoms with Gasteiger partial charge in [-0.25, -0.2) is 4.79 Å². The Morgan fingerprint density at radius 2 is 2.43 bits per heavy atom. The molecule has 0 rings (SSSR count). The highest BCUT2D eigenvalue weighted by atomic mass is 16.7. The van der Waals surface area contributed by atoms with Crippen LogP contribution < -0.4 is 0 Å². The molecule has 0 aromatic heterocycles. The number of hydrogen-bond acceptors (Lipinski definition) is 2. The van der Waals surface area contributed by atoms with Gasteiger partial charge in [-0.05, 0) is 0 Å². The summed E-state index contributed by atoms with van der Waals surface area (Å²) in [5.41, 5.74) is 0. The normalized spacial score (nSPS) is 5.86. The van der Waals surface area contributed by atoms with Gasteiger partial charge in [0.05, 0.1) is 0 Å². The molecule has 0 aliphatic carbocycles. The van der Waals surface area contributed by atoms with Gasteiger partial charge in [-0.15, -0.1) is 0 Å². The van der Waals surface area contributed by atoms with Gasteiger partial charge in [0, 0.05) is 6.92 Å². The zero-order chi connectivity index (χ0) is 5.70. The Hall–Kier alpha value is -1.17. The van der Waals surface area contributed by atoms with Gasteiger partial charge < -0.3 is 9.84 Å². The Morgan fingerprint density at radius 3 is 2.57 bits per heavy atom. The lowest BCUT2D eigenvalue weighted by Gasteiger charge is -1.78. The van der Waals surface area contributed by atoms with Crippen LogP contribution in [0.5, 0.6) is 0 Å². The molecule has 38 valence electrons. The molecule has 0 aromatic rings. The van der Waals surface area contributed by atoms with E-state index in [0.717, 1.165) is 0 Å². The molecule has 0 aliphatic heterocycles. The van der Waals surface area contributed by atoms with E-state index >= 15 is 0 Å². The molecule has 0 spiro atoms. The van der Waals surface area contributed by atoms with E-state index in [-0.39, 0.29) is 0 Å². The van der Waals surface area contributed by atoms with Crippen molar-refractivity contribution in [3.63, 3.8) is 0 Å². The zero-order valence-electron chi connectivity index (χ0n) is 3.76. The maximum absolute atomic E-state index is 9.43. The minimum atomic E-state index is -1.37. The van der Waals surface area contributed by atoms with Crippen LogP contribution in [-0.2, 0) is 4.74 Å². The van der Waals surface area contributed by atoms with Gasteiger partial charge in [0.2, 0.25) is 0 Å². The zero-order valence-corrected chi connectivity index (χ0v) is 3.76. The van der Waals surface area contributed by atoms with E-state index in [0.29, 0.717) is 0 Å². The summed E-state index contributed by atoms with van der Waals surface area (Å²) in [6.07, 6.45) is 0.532. The lowest BCUT2D eigenvalue weighted by Crippen LogP contribution is -1.91. The molecule has 0 radical (unpaired) electrons. The highest BCUT2D eigenvalue weighted by molar-refractivity contribution is 5.58. The van der Waals surface area contributed by atoms with Crippen molar-refractivity contribution in [1.29, 1.82) is 0 Å². The lowest BCUT2D eigenvalue weighted by atomic mass is 10.8. The van der Waals surface area contributed by atoms with E-state index in [1.807, 2.05) is 6.11 Å². The Morgan fingerprint density at radius 1 is 1.86 bits per heavy atom. The summed E-state index contributed by atoms with van der Waals surface area (Å²) >= 11 is 0. The maximum atomic E-state index is 9.43. The molecule has 0 aliphatic rings. The van der Waals surface area contributed by atoms with Crippen molar-refractivity contribution in [3.8, 4) is 12.0 Å². The minimum absolute atomic E-state index is 1.37. The first kappa shape index (κ1) is 5.83. The highest BCUT2D eigenvalue weighted by Gasteiger charge is 1.86. The third kappa shape index (κ3) is 4.83. The summed E-state index contributed by atoms with van der Waals surface area (Å²) in [7, 11) is 0. The second kappa shape index (κ2) is 3.04. The maximum Gasteiger partial charge on any atom is 0.520 e. The van der Waals surface area contributed by atoms with Crippen LogP contribution in [0.4, 0.5) is 4.79 Å². The monoisotopic (exact) mass is 100 g/mol. The predicted octanol–water partition coefficient (Wildman–Crippen LogP) is 0.662. The fourth-order valence-electron chi connectivity index (χ4n) is 0.0947. The van der Waals surface area contributed by atoms with Crippen LogP contribution in [0.3, 0.4) is 0 Å². The van der Waals surface area contributed by atoms with Gasteiger partial charge in [-0.2, -0.15) is 0 Å². The van der Waals surface area contributed by atoms with E-state index in [9.17, 15) is 4.79 Å². The van der Waals surface area contributed by atoms with Crippen LogP contribution in [-0.4, -0.2) is 11.3 Å². The highest BCUT2D eigenvalue weighted by Crippen LogP contribution is 1.67. The molecule has 0 saturated carbocycles. The van der Waals surface area contributed by atoms with E-state index in [1.54, 1.807) is 0 Å². The molecule has 3 heteroatoms. The first-order chi connectivity index (χ1) is 3.27. The lowest BCUT2D eigenvalue weighted by molar-refractivity contribution is 0.134. The van der Waals surface area contributed by atoms with Gasteiger partial charge in [0.25, 0.3) is 0 Å². The molecule has 0 saturated heterocycles. The van der Waals surface area contributed by atoms with Crippen LogP contribution in [0.15, 0.2) is 0 Å². The van der Waals surface area contributed by atoms with Crippen LogP contribution in [0.25, 0.3) is 0 Å². The van der Waals surface area contributed by atoms with Gasteiger partial charge in [-0.3, -0.25) is 0 Å². The molecule has 0 fully saturated rings. The summed E-state index contributed by atoms with van der Waals surface area (Å²) in [6.45, 7) is 1.49. The molecule has 0 atom stereocenters. The second-order valence-corrected chi connectivity index (χ2v) is 0.720. The van der Waals surface area contributed by atoms with E-state index in [4.69, 9.17) is 5.11 Å². The first-order valence-electron chi connectivity index (χ1n) is 1.59. The second-order valence-electron chi connectivity index (χ2n) is 0.720. The molecule has 1 N–H and O–H groups in total. The van der Waals surface area contributed by atoms with Crippen LogP contribution in [0.1, 0.15) is 6.92 Å². The molecule has 7 heavy (non-hydrogen) atoms. The smallest absolute Gasteiger partial charge is 0.449 e. The van der Waals surface area contributed by atoms with Crippen molar-refractivity contribution in [2.24, 2.45) is 0 Å². The SMILES string of the molecule is CC#COC(=O)O. The minimum Gasteiger partial charge on any atom is -0.449 e. The number of ether oxygens (including phenoxy) is 1. The summed E-state index contributed by atoms with van der Waals surface area (Å²) in [5.74, 6) is 2.25. The van der Waals surface area contributed by atoms with Crippen LogP contribution in [0.2, 0.25) is 0 Å². The van der Waals surface area contributed by atoms with Crippen molar-refractivity contribution in [1.82, 2.24) is 0 Å². The molecular formula is C4H4O3. The molecule has 3 nitrogen and oxygen atoms in total. The van der Waals surface area contributed by atoms with Crippen molar-refractivity contribution in [2.75, 3.05) is 0 Å². The molecule has 0 amide bonds. The van der Waals surface area contributed by atoms with E-state index in [1.165, 1.54) is 6.92 Å². The van der Waals surface area contributed by atoms with Crippen molar-refractivity contribution >= 4 is 6.16 Å². The average Bonchev–Trinajstić information content (AvgIpc) is 1.61. The van der Waals surface area contributed by atoms with E-state index < -0.39 is 6.16 Å². The largest absolute Gasteiger partial charge is 0.520 e. The van der Waals surface area contributed by atoms with E-state index in [2.05, 4.69) is 10.7 Å². The Labute approximate surface area is 40.9 Å². The molecule has 0 aromatic carbocycles. The standard InChI is InChI=1S/C4H4O3/c1-2-3-7-4(5)6/h1H3,(H,5,6). The Balaban J connectivity index is 3.26. The fourth-order valence-corrected chi connectivity index (χ4v) is 0.0947. The van der Waals surface area contributed by atoms with Crippen molar-refractivity contribution < 1.29 is 14.6 Å². The van der Waals surface area contributed by atoms with Crippen molar-refractivity contribution in [3.05, 3.63) is 0 Å². The third-order valence-electron chi connectivity index (χ3n) is 0.240.